The number of hydrogen-bond acceptors (Lipinski definition) is 3. The van der Waals surface area contributed by atoms with Crippen LogP contribution in [0.1, 0.15) is 13.3 Å². The summed E-state index contributed by atoms with van der Waals surface area (Å²) < 4.78 is 0. The molecule has 2 unspecified atom stereocenters. The maximum Gasteiger partial charge on any atom is 0.0726 e. The van der Waals surface area contributed by atoms with Gasteiger partial charge in [0.2, 0.25) is 0 Å². The minimum absolute atomic E-state index is 0.451. The van der Waals surface area contributed by atoms with Gasteiger partial charge in [-0.15, -0.1) is 0 Å². The lowest BCUT2D eigenvalue weighted by Gasteiger charge is -2.04. The summed E-state index contributed by atoms with van der Waals surface area (Å²) in [4.78, 5) is 4.05. The van der Waals surface area contributed by atoms with Crippen molar-refractivity contribution < 1.29 is 0 Å². The molecule has 0 saturated carbocycles. The maximum atomic E-state index is 4.52. The fourth-order valence-electron chi connectivity index (χ4n) is 0.958. The molecule has 50 valence electrons. The minimum Gasteiger partial charge on any atom is -0.228 e. The van der Waals surface area contributed by atoms with Gasteiger partial charge in [0.05, 0.1) is 11.2 Å². The summed E-state index contributed by atoms with van der Waals surface area (Å²) in [6.07, 6.45) is 1.18. The van der Waals surface area contributed by atoms with Crippen molar-refractivity contribution in [1.82, 2.24) is 0 Å². The first-order valence-corrected chi connectivity index (χ1v) is 4.49. The molecule has 1 rings (SSSR count). The van der Waals surface area contributed by atoms with Crippen molar-refractivity contribution in [3.8, 4) is 0 Å². The average molecular weight is 159 g/mol. The molecule has 1 heterocycles. The summed E-state index contributed by atoms with van der Waals surface area (Å²) in [6, 6.07) is 0.451. The fourth-order valence-corrected chi connectivity index (χ4v) is 2.26. The highest BCUT2D eigenvalue weighted by molar-refractivity contribution is 8.00. The predicted octanol–water partition coefficient (Wildman–Crippen LogP) is 1.98. The lowest BCUT2D eigenvalue weighted by Crippen LogP contribution is -2.10. The topological polar surface area (TPSA) is 12.4 Å². The summed E-state index contributed by atoms with van der Waals surface area (Å²) in [5.41, 5.74) is 0. The van der Waals surface area contributed by atoms with Crippen molar-refractivity contribution in [2.24, 2.45) is 4.99 Å². The van der Waals surface area contributed by atoms with Gasteiger partial charge in [0, 0.05) is 5.25 Å². The Morgan fingerprint density at radius 2 is 2.56 bits per heavy atom. The third-order valence-corrected chi connectivity index (χ3v) is 2.97. The number of hydrogen-bond donors (Lipinski definition) is 0. The van der Waals surface area contributed by atoms with E-state index in [1.807, 2.05) is 11.8 Å². The normalized spacial score (nSPS) is 33.9. The summed E-state index contributed by atoms with van der Waals surface area (Å²) in [5, 5.41) is 3.09. The predicted molar refractivity (Wildman–Crippen MR) is 45.4 cm³/mol. The van der Waals surface area contributed by atoms with Gasteiger partial charge in [-0.25, -0.2) is 4.99 Å². The number of thiocarbonyl (C=S) groups is 1. The van der Waals surface area contributed by atoms with Gasteiger partial charge in [0.1, 0.15) is 0 Å². The first-order chi connectivity index (χ1) is 4.34. The first-order valence-electron chi connectivity index (χ1n) is 3.03. The minimum atomic E-state index is 0.451. The first kappa shape index (κ1) is 7.26. The molecule has 0 N–H and O–H groups in total. The molecule has 1 aliphatic rings. The third kappa shape index (κ3) is 1.78. The van der Waals surface area contributed by atoms with Gasteiger partial charge in [-0.3, -0.25) is 0 Å². The van der Waals surface area contributed by atoms with Gasteiger partial charge in [-0.05, 0) is 24.4 Å². The molecule has 0 amide bonds. The van der Waals surface area contributed by atoms with E-state index in [0.29, 0.717) is 11.3 Å². The quantitative estimate of drug-likeness (QED) is 0.428. The van der Waals surface area contributed by atoms with E-state index in [1.165, 1.54) is 12.2 Å². The van der Waals surface area contributed by atoms with Crippen LogP contribution in [0.2, 0.25) is 0 Å². The van der Waals surface area contributed by atoms with Crippen molar-refractivity contribution in [3.05, 3.63) is 0 Å². The molecule has 0 aliphatic carbocycles. The second-order valence-corrected chi connectivity index (χ2v) is 3.82. The monoisotopic (exact) mass is 159 g/mol. The molecule has 1 aliphatic heterocycles. The van der Waals surface area contributed by atoms with Gasteiger partial charge in [0.15, 0.2) is 0 Å². The van der Waals surface area contributed by atoms with Crippen LogP contribution in [-0.2, 0) is 0 Å². The molecule has 0 aromatic carbocycles. The average Bonchev–Trinajstić information content (AvgIpc) is 2.18. The summed E-state index contributed by atoms with van der Waals surface area (Å²) in [6.45, 7) is 2.19. The molecule has 0 aromatic rings. The number of isothiocyanates is 1. The van der Waals surface area contributed by atoms with Crippen LogP contribution in [-0.4, -0.2) is 22.2 Å². The Bertz CT molecular complexity index is 140. The smallest absolute Gasteiger partial charge is 0.0726 e. The van der Waals surface area contributed by atoms with Gasteiger partial charge < -0.3 is 0 Å². The number of thioether (sulfide) groups is 1. The standard InChI is InChI=1S/C6H9NS2/c1-5-6(7-4-8)2-3-9-5/h5-6H,2-3H2,1H3. The zero-order valence-electron chi connectivity index (χ0n) is 5.33. The number of aliphatic imine (C=N–C) groups is 1. The van der Waals surface area contributed by atoms with Gasteiger partial charge in [-0.1, -0.05) is 6.92 Å². The second-order valence-electron chi connectivity index (χ2n) is 2.15. The van der Waals surface area contributed by atoms with Gasteiger partial charge in [-0.2, -0.15) is 11.8 Å². The van der Waals surface area contributed by atoms with Crippen LogP contribution < -0.4 is 0 Å². The van der Waals surface area contributed by atoms with Gasteiger partial charge >= 0.3 is 0 Å². The van der Waals surface area contributed by atoms with Crippen LogP contribution >= 0.6 is 24.0 Å². The molecule has 0 aromatic heterocycles. The van der Waals surface area contributed by atoms with Crippen LogP contribution in [0.4, 0.5) is 0 Å². The van der Waals surface area contributed by atoms with E-state index in [1.54, 1.807) is 0 Å². The Morgan fingerprint density at radius 3 is 3.00 bits per heavy atom. The van der Waals surface area contributed by atoms with Crippen molar-refractivity contribution >= 4 is 29.1 Å². The Hall–Kier alpha value is 0.150. The molecule has 1 nitrogen and oxygen atoms in total. The zero-order chi connectivity index (χ0) is 6.69. The van der Waals surface area contributed by atoms with E-state index in [9.17, 15) is 0 Å². The van der Waals surface area contributed by atoms with Crippen molar-refractivity contribution in [1.29, 1.82) is 0 Å². The Balaban J connectivity index is 2.49. The molecular formula is C6H9NS2. The number of nitrogens with zero attached hydrogens (tertiary/aromatic N) is 1. The van der Waals surface area contributed by atoms with E-state index < -0.39 is 0 Å². The van der Waals surface area contributed by atoms with Crippen molar-refractivity contribution in [2.75, 3.05) is 5.75 Å². The molecule has 1 saturated heterocycles. The SMILES string of the molecule is CC1SCCC1N=C=S. The molecular weight excluding hydrogens is 150 g/mol. The third-order valence-electron chi connectivity index (χ3n) is 1.55. The van der Waals surface area contributed by atoms with E-state index in [4.69, 9.17) is 0 Å². The van der Waals surface area contributed by atoms with E-state index in [0.717, 1.165) is 0 Å². The lowest BCUT2D eigenvalue weighted by molar-refractivity contribution is 0.685. The highest BCUT2D eigenvalue weighted by Crippen LogP contribution is 2.27. The fraction of sp³-hybridized carbons (Fsp3) is 0.833. The van der Waals surface area contributed by atoms with Crippen LogP contribution in [0.3, 0.4) is 0 Å². The maximum absolute atomic E-state index is 4.52. The molecule has 9 heavy (non-hydrogen) atoms. The second kappa shape index (κ2) is 3.35. The molecule has 0 spiro atoms. The molecule has 2 atom stereocenters. The van der Waals surface area contributed by atoms with Crippen LogP contribution in [0.25, 0.3) is 0 Å². The lowest BCUT2D eigenvalue weighted by atomic mass is 10.2. The molecule has 0 bridgehead atoms. The van der Waals surface area contributed by atoms with E-state index in [2.05, 4.69) is 29.3 Å². The van der Waals surface area contributed by atoms with Crippen molar-refractivity contribution in [3.63, 3.8) is 0 Å². The van der Waals surface area contributed by atoms with Crippen LogP contribution in [0, 0.1) is 0 Å². The molecule has 3 heteroatoms. The van der Waals surface area contributed by atoms with E-state index in [-0.39, 0.29) is 0 Å². The van der Waals surface area contributed by atoms with Crippen LogP contribution in [0.5, 0.6) is 0 Å². The highest BCUT2D eigenvalue weighted by atomic mass is 32.2. The molecule has 1 fully saturated rings. The van der Waals surface area contributed by atoms with Crippen molar-refractivity contribution in [2.45, 2.75) is 24.6 Å². The Labute approximate surface area is 64.9 Å². The number of rotatable bonds is 1. The largest absolute Gasteiger partial charge is 0.228 e. The van der Waals surface area contributed by atoms with E-state index >= 15 is 0 Å². The molecule has 0 radical (unpaired) electrons. The Morgan fingerprint density at radius 1 is 1.78 bits per heavy atom. The summed E-state index contributed by atoms with van der Waals surface area (Å²) >= 11 is 6.48. The highest BCUT2D eigenvalue weighted by Gasteiger charge is 2.22. The Kier molecular flexibility index (Phi) is 2.70. The summed E-state index contributed by atoms with van der Waals surface area (Å²) in [7, 11) is 0. The van der Waals surface area contributed by atoms with Gasteiger partial charge in [0.25, 0.3) is 0 Å². The summed E-state index contributed by atoms with van der Waals surface area (Å²) in [5.74, 6) is 1.23. The zero-order valence-corrected chi connectivity index (χ0v) is 6.97. The van der Waals surface area contributed by atoms with Crippen LogP contribution in [0.15, 0.2) is 4.99 Å².